The van der Waals surface area contributed by atoms with Gasteiger partial charge in [-0.25, -0.2) is 10.4 Å². The van der Waals surface area contributed by atoms with E-state index in [2.05, 4.69) is 10.5 Å². The molecule has 148 valence electrons. The number of nitrogens with one attached hydrogen (secondary N) is 1. The molecule has 0 spiro atoms. The van der Waals surface area contributed by atoms with E-state index in [1.165, 1.54) is 25.5 Å². The summed E-state index contributed by atoms with van der Waals surface area (Å²) < 4.78 is 5.07. The fourth-order valence-electron chi connectivity index (χ4n) is 2.75. The number of hydrogen-bond acceptors (Lipinski definition) is 7. The Morgan fingerprint density at radius 1 is 1.07 bits per heavy atom. The molecule has 0 saturated carbocycles. The number of ketones is 1. The van der Waals surface area contributed by atoms with E-state index in [9.17, 15) is 19.2 Å². The minimum atomic E-state index is -0.919. The molecule has 0 bridgehead atoms. The quantitative estimate of drug-likeness (QED) is 0.329. The molecule has 9 heteroatoms. The zero-order chi connectivity index (χ0) is 21.0. The summed E-state index contributed by atoms with van der Waals surface area (Å²) in [4.78, 5) is 49.6. The second-order valence-electron chi connectivity index (χ2n) is 5.94. The van der Waals surface area contributed by atoms with Crippen LogP contribution in [0.25, 0.3) is 0 Å². The number of amides is 3. The highest BCUT2D eigenvalue weighted by molar-refractivity contribution is 6.42. The summed E-state index contributed by atoms with van der Waals surface area (Å²) in [5, 5.41) is 5.60. The normalized spacial score (nSPS) is 13.0. The van der Waals surface area contributed by atoms with Crippen molar-refractivity contribution in [2.75, 3.05) is 18.7 Å². The van der Waals surface area contributed by atoms with E-state index in [1.807, 2.05) is 0 Å². The number of carbonyl (C=O) groups is 4. The van der Waals surface area contributed by atoms with Gasteiger partial charge in [-0.2, -0.15) is 10.1 Å². The minimum absolute atomic E-state index is 0.235. The van der Waals surface area contributed by atoms with Crippen LogP contribution >= 0.6 is 0 Å². The maximum Gasteiger partial charge on any atom is 0.316 e. The number of anilines is 1. The van der Waals surface area contributed by atoms with E-state index in [-0.39, 0.29) is 11.1 Å². The van der Waals surface area contributed by atoms with Crippen molar-refractivity contribution in [2.24, 2.45) is 5.10 Å². The van der Waals surface area contributed by atoms with Gasteiger partial charge in [0.25, 0.3) is 11.8 Å². The van der Waals surface area contributed by atoms with Crippen molar-refractivity contribution < 1.29 is 23.9 Å². The van der Waals surface area contributed by atoms with Crippen molar-refractivity contribution in [3.63, 3.8) is 0 Å². The second kappa shape index (κ2) is 8.44. The lowest BCUT2D eigenvalue weighted by atomic mass is 10.1. The largest absolute Gasteiger partial charge is 0.497 e. The lowest BCUT2D eigenvalue weighted by molar-refractivity contribution is -0.136. The standard InChI is InChI=1S/C20H18N4O5/c1-3-21-23(13-8-10-14(29-2)11-9-13)20(28)17(25)12-22-24-18(26)15-6-4-5-7-16(15)19(24)27/h3-11,22H,12H2,1-2H3/b21-3-. The first-order valence-corrected chi connectivity index (χ1v) is 8.69. The molecule has 0 aromatic heterocycles. The van der Waals surface area contributed by atoms with Crippen LogP contribution in [0.5, 0.6) is 5.75 Å². The molecule has 0 atom stereocenters. The third-order valence-electron chi connectivity index (χ3n) is 4.17. The second-order valence-corrected chi connectivity index (χ2v) is 5.94. The first-order valence-electron chi connectivity index (χ1n) is 8.69. The lowest BCUT2D eigenvalue weighted by Gasteiger charge is -2.18. The molecule has 0 saturated heterocycles. The van der Waals surface area contributed by atoms with E-state index in [0.29, 0.717) is 11.4 Å². The Balaban J connectivity index is 1.70. The van der Waals surface area contributed by atoms with Crippen molar-refractivity contribution >= 4 is 35.4 Å². The highest BCUT2D eigenvalue weighted by Gasteiger charge is 2.36. The molecule has 1 N–H and O–H groups in total. The fourth-order valence-corrected chi connectivity index (χ4v) is 2.75. The fraction of sp³-hybridized carbons (Fsp3) is 0.150. The van der Waals surface area contributed by atoms with Crippen LogP contribution < -0.4 is 15.2 Å². The number of Topliss-reactive ketones (excluding diaryl/α,β-unsaturated/α-hetero) is 1. The zero-order valence-corrected chi connectivity index (χ0v) is 15.8. The van der Waals surface area contributed by atoms with Crippen LogP contribution in [-0.4, -0.2) is 48.4 Å². The number of ether oxygens (including phenoxy) is 1. The number of methoxy groups -OCH3 is 1. The number of carbonyl (C=O) groups excluding carboxylic acids is 4. The van der Waals surface area contributed by atoms with E-state index in [1.54, 1.807) is 43.3 Å². The highest BCUT2D eigenvalue weighted by atomic mass is 16.5. The summed E-state index contributed by atoms with van der Waals surface area (Å²) in [5.41, 5.74) is 3.28. The zero-order valence-electron chi connectivity index (χ0n) is 15.8. The molecule has 2 aromatic carbocycles. The van der Waals surface area contributed by atoms with Crippen molar-refractivity contribution in [1.82, 2.24) is 10.4 Å². The maximum absolute atomic E-state index is 12.6. The van der Waals surface area contributed by atoms with Crippen LogP contribution in [0.1, 0.15) is 27.6 Å². The van der Waals surface area contributed by atoms with E-state index in [4.69, 9.17) is 4.74 Å². The Morgan fingerprint density at radius 3 is 2.17 bits per heavy atom. The molecule has 29 heavy (non-hydrogen) atoms. The molecular formula is C20H18N4O5. The van der Waals surface area contributed by atoms with E-state index < -0.39 is 30.0 Å². The third kappa shape index (κ3) is 3.90. The van der Waals surface area contributed by atoms with Gasteiger partial charge in [-0.05, 0) is 43.3 Å². The summed E-state index contributed by atoms with van der Waals surface area (Å²) in [6.07, 6.45) is 1.37. The van der Waals surface area contributed by atoms with Gasteiger partial charge in [-0.3, -0.25) is 19.2 Å². The van der Waals surface area contributed by atoms with Crippen molar-refractivity contribution in [3.8, 4) is 5.75 Å². The number of imide groups is 1. The van der Waals surface area contributed by atoms with Gasteiger partial charge in [-0.1, -0.05) is 12.1 Å². The number of benzene rings is 2. The van der Waals surface area contributed by atoms with Gasteiger partial charge in [0.05, 0.1) is 30.5 Å². The molecule has 3 amide bonds. The van der Waals surface area contributed by atoms with Crippen LogP contribution in [-0.2, 0) is 9.59 Å². The Bertz CT molecular complexity index is 965. The smallest absolute Gasteiger partial charge is 0.316 e. The van der Waals surface area contributed by atoms with Gasteiger partial charge in [-0.15, -0.1) is 0 Å². The molecule has 1 aliphatic heterocycles. The minimum Gasteiger partial charge on any atom is -0.497 e. The maximum atomic E-state index is 12.6. The highest BCUT2D eigenvalue weighted by Crippen LogP contribution is 2.21. The van der Waals surface area contributed by atoms with Crippen LogP contribution in [0, 0.1) is 0 Å². The Labute approximate surface area is 166 Å². The van der Waals surface area contributed by atoms with Crippen LogP contribution in [0.2, 0.25) is 0 Å². The first-order chi connectivity index (χ1) is 14.0. The van der Waals surface area contributed by atoms with Gasteiger partial charge >= 0.3 is 5.91 Å². The molecule has 1 aliphatic rings. The molecule has 2 aromatic rings. The number of rotatable bonds is 7. The Morgan fingerprint density at radius 2 is 1.66 bits per heavy atom. The van der Waals surface area contributed by atoms with E-state index >= 15 is 0 Å². The molecule has 1 heterocycles. The summed E-state index contributed by atoms with van der Waals surface area (Å²) in [6, 6.07) is 12.7. The van der Waals surface area contributed by atoms with Crippen molar-refractivity contribution in [3.05, 3.63) is 59.7 Å². The van der Waals surface area contributed by atoms with Gasteiger partial charge in [0.1, 0.15) is 5.75 Å². The number of hydrazone groups is 1. The lowest BCUT2D eigenvalue weighted by Crippen LogP contribution is -2.47. The number of hydrazine groups is 1. The molecule has 9 nitrogen and oxygen atoms in total. The summed E-state index contributed by atoms with van der Waals surface area (Å²) in [7, 11) is 1.51. The Kier molecular flexibility index (Phi) is 5.79. The monoisotopic (exact) mass is 394 g/mol. The number of nitrogens with zero attached hydrogens (tertiary/aromatic N) is 3. The molecule has 0 fully saturated rings. The first kappa shape index (κ1) is 19.9. The SMILES string of the molecule is C/C=N\N(C(=O)C(=O)CNN1C(=O)c2ccccc2C1=O)c1ccc(OC)cc1. The molecule has 3 rings (SSSR count). The summed E-state index contributed by atoms with van der Waals surface area (Å²) in [5.74, 6) is -2.37. The summed E-state index contributed by atoms with van der Waals surface area (Å²) in [6.45, 7) is 1.06. The average molecular weight is 394 g/mol. The van der Waals surface area contributed by atoms with Gasteiger partial charge < -0.3 is 4.74 Å². The van der Waals surface area contributed by atoms with Gasteiger partial charge in [0.15, 0.2) is 0 Å². The third-order valence-corrected chi connectivity index (χ3v) is 4.17. The van der Waals surface area contributed by atoms with Crippen LogP contribution in [0.15, 0.2) is 53.6 Å². The molecule has 0 radical (unpaired) electrons. The van der Waals surface area contributed by atoms with Crippen molar-refractivity contribution in [1.29, 1.82) is 0 Å². The number of hydrogen-bond donors (Lipinski definition) is 1. The van der Waals surface area contributed by atoms with E-state index in [0.717, 1.165) is 10.0 Å². The van der Waals surface area contributed by atoms with Crippen molar-refractivity contribution in [2.45, 2.75) is 6.92 Å². The number of fused-ring (bicyclic) bond motifs is 1. The summed E-state index contributed by atoms with van der Waals surface area (Å²) >= 11 is 0. The average Bonchev–Trinajstić information content (AvgIpc) is 3.00. The molecule has 0 aliphatic carbocycles. The van der Waals surface area contributed by atoms with Crippen LogP contribution in [0.4, 0.5) is 5.69 Å². The van der Waals surface area contributed by atoms with Crippen LogP contribution in [0.3, 0.4) is 0 Å². The van der Waals surface area contributed by atoms with Gasteiger partial charge in [0, 0.05) is 6.21 Å². The topological polar surface area (TPSA) is 108 Å². The predicted molar refractivity (Wildman–Crippen MR) is 105 cm³/mol. The Hall–Kier alpha value is -3.85. The predicted octanol–water partition coefficient (Wildman–Crippen LogP) is 1.40. The molecular weight excluding hydrogens is 376 g/mol. The molecule has 0 unspecified atom stereocenters. The van der Waals surface area contributed by atoms with Gasteiger partial charge in [0.2, 0.25) is 5.78 Å².